The lowest BCUT2D eigenvalue weighted by Crippen LogP contribution is -2.30. The first-order valence-electron chi connectivity index (χ1n) is 7.00. The molecule has 98 valence electrons. The van der Waals surface area contributed by atoms with Gasteiger partial charge in [-0.3, -0.25) is 4.79 Å². The van der Waals surface area contributed by atoms with Crippen molar-refractivity contribution in [3.8, 4) is 0 Å². The van der Waals surface area contributed by atoms with Crippen molar-refractivity contribution in [2.45, 2.75) is 52.0 Å². The Hall–Kier alpha value is -1.15. The number of ketones is 1. The van der Waals surface area contributed by atoms with Gasteiger partial charge in [0.05, 0.1) is 0 Å². The van der Waals surface area contributed by atoms with Crippen molar-refractivity contribution in [3.63, 3.8) is 0 Å². The van der Waals surface area contributed by atoms with Gasteiger partial charge in [-0.25, -0.2) is 0 Å². The first-order chi connectivity index (χ1) is 8.66. The second-order valence-electron chi connectivity index (χ2n) is 5.43. The van der Waals surface area contributed by atoms with Crippen LogP contribution in [-0.4, -0.2) is 18.4 Å². The summed E-state index contributed by atoms with van der Waals surface area (Å²) < 4.78 is 0. The molecule has 1 saturated heterocycles. The summed E-state index contributed by atoms with van der Waals surface area (Å²) in [6.45, 7) is 5.21. The van der Waals surface area contributed by atoms with Gasteiger partial charge in [0.1, 0.15) is 0 Å². The molecule has 0 radical (unpaired) electrons. The van der Waals surface area contributed by atoms with Crippen molar-refractivity contribution in [1.29, 1.82) is 0 Å². The van der Waals surface area contributed by atoms with E-state index >= 15 is 0 Å². The molecule has 1 atom stereocenters. The first-order valence-corrected chi connectivity index (χ1v) is 7.00. The van der Waals surface area contributed by atoms with E-state index in [9.17, 15) is 4.79 Å². The van der Waals surface area contributed by atoms with Crippen molar-refractivity contribution in [1.82, 2.24) is 5.32 Å². The third kappa shape index (κ3) is 3.42. The molecule has 0 saturated carbocycles. The van der Waals surface area contributed by atoms with Crippen LogP contribution in [0, 0.1) is 13.8 Å². The molecule has 0 aliphatic carbocycles. The molecule has 1 heterocycles. The zero-order chi connectivity index (χ0) is 13.0. The fourth-order valence-corrected chi connectivity index (χ4v) is 2.53. The van der Waals surface area contributed by atoms with Gasteiger partial charge in [0.15, 0.2) is 5.78 Å². The number of hydrogen-bond donors (Lipinski definition) is 1. The minimum atomic E-state index is 0.275. The lowest BCUT2D eigenvalue weighted by molar-refractivity contribution is 0.0968. The van der Waals surface area contributed by atoms with Crippen LogP contribution in [-0.2, 0) is 0 Å². The van der Waals surface area contributed by atoms with Crippen molar-refractivity contribution >= 4 is 5.78 Å². The van der Waals surface area contributed by atoms with Gasteiger partial charge in [0, 0.05) is 18.0 Å². The van der Waals surface area contributed by atoms with E-state index < -0.39 is 0 Å². The summed E-state index contributed by atoms with van der Waals surface area (Å²) in [7, 11) is 0. The van der Waals surface area contributed by atoms with Gasteiger partial charge in [-0.15, -0.1) is 0 Å². The summed E-state index contributed by atoms with van der Waals surface area (Å²) in [5, 5.41) is 3.49. The zero-order valence-corrected chi connectivity index (χ0v) is 11.5. The van der Waals surface area contributed by atoms with E-state index in [-0.39, 0.29) is 5.78 Å². The van der Waals surface area contributed by atoms with Crippen LogP contribution in [0.25, 0.3) is 0 Å². The third-order valence-corrected chi connectivity index (χ3v) is 3.92. The van der Waals surface area contributed by atoms with E-state index in [0.717, 1.165) is 18.5 Å². The van der Waals surface area contributed by atoms with Crippen LogP contribution in [0.4, 0.5) is 0 Å². The summed E-state index contributed by atoms with van der Waals surface area (Å²) in [6, 6.07) is 6.40. The van der Waals surface area contributed by atoms with Gasteiger partial charge >= 0.3 is 0 Å². The van der Waals surface area contributed by atoms with Crippen LogP contribution in [0.15, 0.2) is 18.2 Å². The molecule has 18 heavy (non-hydrogen) atoms. The maximum Gasteiger partial charge on any atom is 0.164 e. The molecule has 1 aromatic carbocycles. The average Bonchev–Trinajstić information content (AvgIpc) is 2.61. The Morgan fingerprint density at radius 3 is 2.83 bits per heavy atom. The number of nitrogens with one attached hydrogen (secondary N) is 1. The predicted molar refractivity (Wildman–Crippen MR) is 75.1 cm³/mol. The molecule has 2 heteroatoms. The average molecular weight is 245 g/mol. The summed E-state index contributed by atoms with van der Waals surface area (Å²) in [5.41, 5.74) is 3.32. The van der Waals surface area contributed by atoms with E-state index in [1.165, 1.54) is 30.4 Å². The second-order valence-corrected chi connectivity index (χ2v) is 5.43. The maximum atomic E-state index is 12.2. The largest absolute Gasteiger partial charge is 0.314 e. The monoisotopic (exact) mass is 245 g/mol. The second kappa shape index (κ2) is 6.14. The van der Waals surface area contributed by atoms with Gasteiger partial charge < -0.3 is 5.32 Å². The smallest absolute Gasteiger partial charge is 0.164 e. The molecule has 1 aliphatic rings. The van der Waals surface area contributed by atoms with E-state index in [2.05, 4.69) is 19.2 Å². The molecule has 0 bridgehead atoms. The minimum absolute atomic E-state index is 0.275. The SMILES string of the molecule is Cc1ccc(C(=O)CC2CCCCCN2)cc1C. The van der Waals surface area contributed by atoms with Crippen LogP contribution in [0.5, 0.6) is 0 Å². The van der Waals surface area contributed by atoms with Crippen molar-refractivity contribution in [2.24, 2.45) is 0 Å². The van der Waals surface area contributed by atoms with Crippen LogP contribution in [0.2, 0.25) is 0 Å². The highest BCUT2D eigenvalue weighted by atomic mass is 16.1. The Bertz CT molecular complexity index is 417. The highest BCUT2D eigenvalue weighted by molar-refractivity contribution is 5.96. The van der Waals surface area contributed by atoms with Crippen molar-refractivity contribution in [3.05, 3.63) is 34.9 Å². The lowest BCUT2D eigenvalue weighted by Gasteiger charge is -2.15. The van der Waals surface area contributed by atoms with Crippen LogP contribution < -0.4 is 5.32 Å². The number of benzene rings is 1. The fourth-order valence-electron chi connectivity index (χ4n) is 2.53. The van der Waals surface area contributed by atoms with Crippen molar-refractivity contribution < 1.29 is 4.79 Å². The Balaban J connectivity index is 1.99. The highest BCUT2D eigenvalue weighted by Crippen LogP contribution is 2.16. The molecule has 0 amide bonds. The van der Waals surface area contributed by atoms with Gasteiger partial charge in [-0.05, 0) is 50.4 Å². The molecule has 1 fully saturated rings. The van der Waals surface area contributed by atoms with Crippen LogP contribution >= 0.6 is 0 Å². The van der Waals surface area contributed by atoms with Crippen molar-refractivity contribution in [2.75, 3.05) is 6.54 Å². The van der Waals surface area contributed by atoms with Crippen LogP contribution in [0.3, 0.4) is 0 Å². The van der Waals surface area contributed by atoms with E-state index in [4.69, 9.17) is 0 Å². The molecule has 0 spiro atoms. The summed E-state index contributed by atoms with van der Waals surface area (Å²) in [5.74, 6) is 0.275. The van der Waals surface area contributed by atoms with Crippen LogP contribution in [0.1, 0.15) is 53.6 Å². The van der Waals surface area contributed by atoms with E-state index in [1.54, 1.807) is 0 Å². The Kier molecular flexibility index (Phi) is 4.54. The third-order valence-electron chi connectivity index (χ3n) is 3.92. The molecule has 1 N–H and O–H groups in total. The Morgan fingerprint density at radius 2 is 2.06 bits per heavy atom. The molecular weight excluding hydrogens is 222 g/mol. The molecular formula is C16H23NO. The topological polar surface area (TPSA) is 29.1 Å². The van der Waals surface area contributed by atoms with Gasteiger partial charge in [-0.2, -0.15) is 0 Å². The fraction of sp³-hybridized carbons (Fsp3) is 0.562. The molecule has 1 unspecified atom stereocenters. The zero-order valence-electron chi connectivity index (χ0n) is 11.5. The summed E-state index contributed by atoms with van der Waals surface area (Å²) in [4.78, 5) is 12.2. The molecule has 0 aromatic heterocycles. The molecule has 2 rings (SSSR count). The molecule has 2 nitrogen and oxygen atoms in total. The Labute approximate surface area is 110 Å². The highest BCUT2D eigenvalue weighted by Gasteiger charge is 2.16. The predicted octanol–water partition coefficient (Wildman–Crippen LogP) is 3.41. The van der Waals surface area contributed by atoms with Gasteiger partial charge in [0.25, 0.3) is 0 Å². The Morgan fingerprint density at radius 1 is 1.22 bits per heavy atom. The van der Waals surface area contributed by atoms with E-state index in [0.29, 0.717) is 12.5 Å². The number of carbonyl (C=O) groups is 1. The summed E-state index contributed by atoms with van der Waals surface area (Å²) >= 11 is 0. The number of aryl methyl sites for hydroxylation is 2. The number of Topliss-reactive ketones (excluding diaryl/α,β-unsaturated/α-hetero) is 1. The molecule has 1 aromatic rings. The lowest BCUT2D eigenvalue weighted by atomic mass is 9.98. The minimum Gasteiger partial charge on any atom is -0.314 e. The number of carbonyl (C=O) groups excluding carboxylic acids is 1. The number of rotatable bonds is 3. The summed E-state index contributed by atoms with van der Waals surface area (Å²) in [6.07, 6.45) is 5.56. The van der Waals surface area contributed by atoms with Gasteiger partial charge in [-0.1, -0.05) is 25.0 Å². The number of hydrogen-bond acceptors (Lipinski definition) is 2. The first kappa shape index (κ1) is 13.3. The van der Waals surface area contributed by atoms with Gasteiger partial charge in [0.2, 0.25) is 0 Å². The van der Waals surface area contributed by atoms with E-state index in [1.807, 2.05) is 18.2 Å². The quantitative estimate of drug-likeness (QED) is 0.827. The molecule has 1 aliphatic heterocycles. The maximum absolute atomic E-state index is 12.2. The normalized spacial score (nSPS) is 20.4. The standard InChI is InChI=1S/C16H23NO/c1-12-7-8-14(10-13(12)2)16(18)11-15-6-4-3-5-9-17-15/h7-8,10,15,17H,3-6,9,11H2,1-2H3.